The number of hydrogen-bond acceptors (Lipinski definition) is 2. The van der Waals surface area contributed by atoms with Gasteiger partial charge in [0, 0.05) is 12.0 Å². The molecule has 4 heteroatoms. The number of carbonyl (C=O) groups is 1. The fourth-order valence-corrected chi connectivity index (χ4v) is 1.05. The van der Waals surface area contributed by atoms with Crippen LogP contribution in [0.25, 0.3) is 0 Å². The highest BCUT2D eigenvalue weighted by molar-refractivity contribution is 5.68. The minimum absolute atomic E-state index is 0.00696. The van der Waals surface area contributed by atoms with Gasteiger partial charge in [0.05, 0.1) is 6.67 Å². The molecule has 0 aliphatic heterocycles. The summed E-state index contributed by atoms with van der Waals surface area (Å²) in [4.78, 5) is 11.1. The van der Waals surface area contributed by atoms with Crippen LogP contribution < -0.4 is 5.32 Å². The Morgan fingerprint density at radius 1 is 1.62 bits per heavy atom. The Morgan fingerprint density at radius 2 is 2.23 bits per heavy atom. The summed E-state index contributed by atoms with van der Waals surface area (Å²) in [5.41, 5.74) is -0.482. The molecule has 1 rings (SSSR count). The van der Waals surface area contributed by atoms with Crippen LogP contribution >= 0.6 is 0 Å². The highest BCUT2D eigenvalue weighted by atomic mass is 19.1. The second-order valence-electron chi connectivity index (χ2n) is 4.40. The van der Waals surface area contributed by atoms with Gasteiger partial charge < -0.3 is 10.1 Å². The van der Waals surface area contributed by atoms with Gasteiger partial charge >= 0.3 is 6.09 Å². The predicted octanol–water partition coefficient (Wildman–Crippen LogP) is 1.87. The first kappa shape index (κ1) is 10.3. The molecule has 3 nitrogen and oxygen atoms in total. The van der Waals surface area contributed by atoms with E-state index >= 15 is 0 Å². The van der Waals surface area contributed by atoms with Gasteiger partial charge in [0.1, 0.15) is 5.60 Å². The molecule has 1 aliphatic carbocycles. The largest absolute Gasteiger partial charge is 0.444 e. The van der Waals surface area contributed by atoms with Crippen LogP contribution in [-0.4, -0.2) is 24.4 Å². The van der Waals surface area contributed by atoms with Crippen LogP contribution in [0.4, 0.5) is 9.18 Å². The van der Waals surface area contributed by atoms with E-state index < -0.39 is 11.7 Å². The summed E-state index contributed by atoms with van der Waals surface area (Å²) in [6, 6.07) is -0.0140. The number of halogens is 1. The fraction of sp³-hybridized carbons (Fsp3) is 0.889. The third-order valence-corrected chi connectivity index (χ3v) is 1.82. The number of ether oxygens (including phenoxy) is 1. The predicted molar refractivity (Wildman–Crippen MR) is 47.2 cm³/mol. The van der Waals surface area contributed by atoms with Gasteiger partial charge in [-0.25, -0.2) is 4.79 Å². The van der Waals surface area contributed by atoms with Gasteiger partial charge in [-0.1, -0.05) is 0 Å². The van der Waals surface area contributed by atoms with Crippen LogP contribution in [0.1, 0.15) is 27.2 Å². The lowest BCUT2D eigenvalue weighted by atomic mass is 10.2. The zero-order chi connectivity index (χ0) is 10.1. The van der Waals surface area contributed by atoms with E-state index in [2.05, 4.69) is 5.32 Å². The summed E-state index contributed by atoms with van der Waals surface area (Å²) in [7, 11) is 0. The molecule has 1 amide bonds. The SMILES string of the molecule is CC(C)(C)OC(=O)N[C@@H]1C[C@H]1CF. The lowest BCUT2D eigenvalue weighted by Crippen LogP contribution is -2.34. The monoisotopic (exact) mass is 189 g/mol. The minimum atomic E-state index is -0.482. The topological polar surface area (TPSA) is 38.3 Å². The molecule has 0 radical (unpaired) electrons. The molecular weight excluding hydrogens is 173 g/mol. The molecule has 2 atom stereocenters. The second kappa shape index (κ2) is 3.52. The maximum Gasteiger partial charge on any atom is 0.407 e. The molecule has 1 aliphatic rings. The van der Waals surface area contributed by atoms with Crippen LogP contribution in [0.15, 0.2) is 0 Å². The zero-order valence-corrected chi connectivity index (χ0v) is 8.26. The molecule has 76 valence electrons. The first-order valence-electron chi connectivity index (χ1n) is 4.48. The number of carbonyl (C=O) groups excluding carboxylic acids is 1. The minimum Gasteiger partial charge on any atom is -0.444 e. The third kappa shape index (κ3) is 3.61. The van der Waals surface area contributed by atoms with Crippen molar-refractivity contribution in [2.75, 3.05) is 6.67 Å². The Balaban J connectivity index is 2.20. The average Bonchev–Trinajstić information content (AvgIpc) is 2.62. The summed E-state index contributed by atoms with van der Waals surface area (Å²) < 4.78 is 17.0. The van der Waals surface area contributed by atoms with E-state index in [9.17, 15) is 9.18 Å². The van der Waals surface area contributed by atoms with Crippen LogP contribution in [0.5, 0.6) is 0 Å². The molecule has 1 saturated carbocycles. The average molecular weight is 189 g/mol. The van der Waals surface area contributed by atoms with E-state index in [1.165, 1.54) is 0 Å². The number of alkyl halides is 1. The van der Waals surface area contributed by atoms with Crippen molar-refractivity contribution in [2.45, 2.75) is 38.8 Å². The molecule has 0 aromatic carbocycles. The van der Waals surface area contributed by atoms with Crippen molar-refractivity contribution in [3.8, 4) is 0 Å². The summed E-state index contributed by atoms with van der Waals surface area (Å²) in [6.45, 7) is 5.03. The summed E-state index contributed by atoms with van der Waals surface area (Å²) in [5.74, 6) is 0.00696. The first-order valence-corrected chi connectivity index (χ1v) is 4.48. The highest BCUT2D eigenvalue weighted by Crippen LogP contribution is 2.30. The Labute approximate surface area is 77.6 Å². The summed E-state index contributed by atoms with van der Waals surface area (Å²) in [5, 5.41) is 2.61. The van der Waals surface area contributed by atoms with Crippen LogP contribution in [-0.2, 0) is 4.74 Å². The fourth-order valence-electron chi connectivity index (χ4n) is 1.05. The van der Waals surface area contributed by atoms with Crippen molar-refractivity contribution in [2.24, 2.45) is 5.92 Å². The van der Waals surface area contributed by atoms with Crippen LogP contribution in [0, 0.1) is 5.92 Å². The van der Waals surface area contributed by atoms with Crippen molar-refractivity contribution in [1.29, 1.82) is 0 Å². The van der Waals surface area contributed by atoms with Gasteiger partial charge in [-0.3, -0.25) is 4.39 Å². The Bertz CT molecular complexity index is 200. The van der Waals surface area contributed by atoms with Crippen molar-refractivity contribution in [3.05, 3.63) is 0 Å². The Morgan fingerprint density at radius 3 is 2.62 bits per heavy atom. The smallest absolute Gasteiger partial charge is 0.407 e. The van der Waals surface area contributed by atoms with Gasteiger partial charge in [0.25, 0.3) is 0 Å². The number of hydrogen-bond donors (Lipinski definition) is 1. The molecule has 13 heavy (non-hydrogen) atoms. The number of nitrogens with one attached hydrogen (secondary N) is 1. The molecule has 0 bridgehead atoms. The quantitative estimate of drug-likeness (QED) is 0.720. The lowest BCUT2D eigenvalue weighted by molar-refractivity contribution is 0.0520. The molecule has 1 fully saturated rings. The highest BCUT2D eigenvalue weighted by Gasteiger charge is 2.39. The summed E-state index contributed by atoms with van der Waals surface area (Å²) >= 11 is 0. The Kier molecular flexibility index (Phi) is 2.78. The molecule has 1 N–H and O–H groups in total. The van der Waals surface area contributed by atoms with Crippen molar-refractivity contribution < 1.29 is 13.9 Å². The lowest BCUT2D eigenvalue weighted by Gasteiger charge is -2.19. The molecule has 0 heterocycles. The summed E-state index contributed by atoms with van der Waals surface area (Å²) in [6.07, 6.45) is 0.281. The first-order chi connectivity index (χ1) is 5.92. The van der Waals surface area contributed by atoms with Gasteiger partial charge in [0.15, 0.2) is 0 Å². The van der Waals surface area contributed by atoms with Gasteiger partial charge in [-0.2, -0.15) is 0 Å². The number of alkyl carbamates (subject to hydrolysis) is 1. The second-order valence-corrected chi connectivity index (χ2v) is 4.40. The van der Waals surface area contributed by atoms with E-state index in [0.717, 1.165) is 6.42 Å². The van der Waals surface area contributed by atoms with Gasteiger partial charge in [0.2, 0.25) is 0 Å². The van der Waals surface area contributed by atoms with Crippen LogP contribution in [0.2, 0.25) is 0 Å². The maximum absolute atomic E-state index is 12.0. The molecule has 0 spiro atoms. The van der Waals surface area contributed by atoms with E-state index in [0.29, 0.717) is 0 Å². The Hall–Kier alpha value is -0.800. The van der Waals surface area contributed by atoms with Gasteiger partial charge in [-0.15, -0.1) is 0 Å². The number of amides is 1. The third-order valence-electron chi connectivity index (χ3n) is 1.82. The van der Waals surface area contributed by atoms with Gasteiger partial charge in [-0.05, 0) is 27.2 Å². The molecule has 0 aromatic heterocycles. The standard InChI is InChI=1S/C9H16FNO2/c1-9(2,3)13-8(12)11-7-4-6(7)5-10/h6-7H,4-5H2,1-3H3,(H,11,12)/t6-,7+/m0/s1. The van der Waals surface area contributed by atoms with E-state index in [-0.39, 0.29) is 18.6 Å². The van der Waals surface area contributed by atoms with E-state index in [4.69, 9.17) is 4.74 Å². The van der Waals surface area contributed by atoms with Crippen molar-refractivity contribution in [1.82, 2.24) is 5.32 Å². The van der Waals surface area contributed by atoms with Crippen molar-refractivity contribution >= 4 is 6.09 Å². The number of rotatable bonds is 2. The molecular formula is C9H16FNO2. The maximum atomic E-state index is 12.0. The van der Waals surface area contributed by atoms with E-state index in [1.54, 1.807) is 20.8 Å². The molecule has 0 aromatic rings. The normalized spacial score (nSPS) is 26.8. The van der Waals surface area contributed by atoms with Crippen LogP contribution in [0.3, 0.4) is 0 Å². The zero-order valence-electron chi connectivity index (χ0n) is 8.26. The van der Waals surface area contributed by atoms with E-state index in [1.807, 2.05) is 0 Å². The molecule has 0 saturated heterocycles. The molecule has 0 unspecified atom stereocenters. The van der Waals surface area contributed by atoms with Crippen molar-refractivity contribution in [3.63, 3.8) is 0 Å².